The topological polar surface area (TPSA) is 23.5 Å². The molecule has 3 heteroatoms. The van der Waals surface area contributed by atoms with Crippen molar-refractivity contribution in [3.8, 4) is 0 Å². The third kappa shape index (κ3) is 11.2. The molecule has 0 radical (unpaired) electrons. The standard InChI is InChI=1S/C14H14INO.4C2H6/c1-16(13-8-6-12(15)7-9-13)14-5-3-2-4-11(14)10-17;4*1-2/h2-9,17H,10H2,1H3;4*1-2H3. The Hall–Kier alpha value is -1.07. The predicted molar refractivity (Wildman–Crippen MR) is 125 cm³/mol. The lowest BCUT2D eigenvalue weighted by atomic mass is 10.1. The Bertz CT molecular complexity index is 498. The van der Waals surface area contributed by atoms with E-state index in [4.69, 9.17) is 0 Å². The monoisotopic (exact) mass is 459 g/mol. The first-order valence-corrected chi connectivity index (χ1v) is 10.5. The molecule has 0 fully saturated rings. The van der Waals surface area contributed by atoms with Crippen molar-refractivity contribution in [2.45, 2.75) is 62.0 Å². The minimum absolute atomic E-state index is 0.0604. The third-order valence-electron chi connectivity index (χ3n) is 2.74. The van der Waals surface area contributed by atoms with Crippen molar-refractivity contribution in [1.29, 1.82) is 0 Å². The summed E-state index contributed by atoms with van der Waals surface area (Å²) in [7, 11) is 2.01. The van der Waals surface area contributed by atoms with Crippen molar-refractivity contribution in [3.05, 3.63) is 57.7 Å². The van der Waals surface area contributed by atoms with Crippen LogP contribution in [-0.4, -0.2) is 12.2 Å². The Morgan fingerprint density at radius 3 is 1.64 bits per heavy atom. The number of rotatable bonds is 3. The highest BCUT2D eigenvalue weighted by molar-refractivity contribution is 14.1. The number of halogens is 1. The van der Waals surface area contributed by atoms with Crippen molar-refractivity contribution >= 4 is 34.0 Å². The molecule has 1 N–H and O–H groups in total. The van der Waals surface area contributed by atoms with Gasteiger partial charge in [-0.25, -0.2) is 0 Å². The molecule has 0 aliphatic carbocycles. The zero-order chi connectivity index (χ0) is 20.3. The number of aliphatic hydroxyl groups excluding tert-OH is 1. The molecule has 25 heavy (non-hydrogen) atoms. The molecule has 0 atom stereocenters. The molecule has 0 saturated heterocycles. The zero-order valence-electron chi connectivity index (χ0n) is 17.6. The summed E-state index contributed by atoms with van der Waals surface area (Å²) in [6, 6.07) is 16.2. The average Bonchev–Trinajstić information content (AvgIpc) is 2.74. The summed E-state index contributed by atoms with van der Waals surface area (Å²) in [6.45, 7) is 16.1. The lowest BCUT2D eigenvalue weighted by Crippen LogP contribution is -2.11. The fraction of sp³-hybridized carbons (Fsp3) is 0.455. The van der Waals surface area contributed by atoms with Crippen molar-refractivity contribution in [2.24, 2.45) is 0 Å². The van der Waals surface area contributed by atoms with Gasteiger partial charge in [-0.15, -0.1) is 0 Å². The summed E-state index contributed by atoms with van der Waals surface area (Å²) in [6.07, 6.45) is 0. The molecule has 2 aromatic carbocycles. The van der Waals surface area contributed by atoms with Crippen molar-refractivity contribution in [2.75, 3.05) is 11.9 Å². The molecule has 0 bridgehead atoms. The van der Waals surface area contributed by atoms with Gasteiger partial charge in [-0.1, -0.05) is 73.6 Å². The van der Waals surface area contributed by atoms with Crippen LogP contribution in [0.4, 0.5) is 11.4 Å². The van der Waals surface area contributed by atoms with Gasteiger partial charge in [0.15, 0.2) is 0 Å². The Labute approximate surface area is 170 Å². The van der Waals surface area contributed by atoms with Gasteiger partial charge in [0.25, 0.3) is 0 Å². The molecule has 144 valence electrons. The number of para-hydroxylation sites is 1. The minimum Gasteiger partial charge on any atom is -0.392 e. The second kappa shape index (κ2) is 21.0. The Balaban J connectivity index is -0.000000533. The molecule has 2 aromatic rings. The van der Waals surface area contributed by atoms with E-state index in [0.717, 1.165) is 16.9 Å². The molecule has 0 amide bonds. The Kier molecular flexibility index (Phi) is 24.1. The van der Waals surface area contributed by atoms with Crippen LogP contribution in [0.5, 0.6) is 0 Å². The predicted octanol–water partition coefficient (Wildman–Crippen LogP) is 7.66. The van der Waals surface area contributed by atoms with E-state index in [1.54, 1.807) is 0 Å². The van der Waals surface area contributed by atoms with Crippen LogP contribution in [-0.2, 0) is 6.61 Å². The van der Waals surface area contributed by atoms with Gasteiger partial charge in [-0.05, 0) is 52.9 Å². The largest absolute Gasteiger partial charge is 0.392 e. The van der Waals surface area contributed by atoms with E-state index in [9.17, 15) is 5.11 Å². The lowest BCUT2D eigenvalue weighted by Gasteiger charge is -2.22. The molecule has 0 unspecified atom stereocenters. The Morgan fingerprint density at radius 1 is 0.760 bits per heavy atom. The van der Waals surface area contributed by atoms with Crippen LogP contribution in [0, 0.1) is 3.57 Å². The first-order valence-electron chi connectivity index (χ1n) is 9.40. The maximum Gasteiger partial charge on any atom is 0.0702 e. The Morgan fingerprint density at radius 2 is 1.20 bits per heavy atom. The molecule has 0 aromatic heterocycles. The number of aliphatic hydroxyl groups is 1. The fourth-order valence-electron chi connectivity index (χ4n) is 1.78. The second-order valence-electron chi connectivity index (χ2n) is 3.82. The number of hydrogen-bond acceptors (Lipinski definition) is 2. The fourth-order valence-corrected chi connectivity index (χ4v) is 2.14. The quantitative estimate of drug-likeness (QED) is 0.477. The van der Waals surface area contributed by atoms with Crippen molar-refractivity contribution < 1.29 is 5.11 Å². The molecule has 0 aliphatic rings. The van der Waals surface area contributed by atoms with Gasteiger partial charge in [0.1, 0.15) is 0 Å². The summed E-state index contributed by atoms with van der Waals surface area (Å²) in [5.41, 5.74) is 3.09. The van der Waals surface area contributed by atoms with Gasteiger partial charge in [-0.3, -0.25) is 0 Å². The maximum absolute atomic E-state index is 9.33. The highest BCUT2D eigenvalue weighted by Gasteiger charge is 2.07. The molecule has 2 nitrogen and oxygen atoms in total. The summed E-state index contributed by atoms with van der Waals surface area (Å²) in [5.74, 6) is 0. The minimum atomic E-state index is 0.0604. The number of benzene rings is 2. The van der Waals surface area contributed by atoms with Crippen LogP contribution in [0.25, 0.3) is 0 Å². The number of anilines is 2. The molecule has 0 aliphatic heterocycles. The summed E-state index contributed by atoms with van der Waals surface area (Å²) >= 11 is 2.29. The normalized spacial score (nSPS) is 7.96. The SMILES string of the molecule is CC.CC.CC.CC.CN(c1ccc(I)cc1)c1ccccc1CO. The van der Waals surface area contributed by atoms with Crippen LogP contribution >= 0.6 is 22.6 Å². The van der Waals surface area contributed by atoms with E-state index >= 15 is 0 Å². The summed E-state index contributed by atoms with van der Waals surface area (Å²) in [5, 5.41) is 9.33. The lowest BCUT2D eigenvalue weighted by molar-refractivity contribution is 0.282. The molecule has 2 rings (SSSR count). The van der Waals surface area contributed by atoms with Gasteiger partial charge in [-0.2, -0.15) is 0 Å². The van der Waals surface area contributed by atoms with Crippen LogP contribution in [0.1, 0.15) is 61.0 Å². The van der Waals surface area contributed by atoms with E-state index in [2.05, 4.69) is 51.8 Å². The summed E-state index contributed by atoms with van der Waals surface area (Å²) < 4.78 is 1.22. The van der Waals surface area contributed by atoms with Crippen LogP contribution < -0.4 is 4.90 Å². The molecular weight excluding hydrogens is 421 g/mol. The molecular formula is C22H38INO. The molecule has 0 spiro atoms. The van der Waals surface area contributed by atoms with E-state index in [-0.39, 0.29) is 6.61 Å². The number of hydrogen-bond donors (Lipinski definition) is 1. The smallest absolute Gasteiger partial charge is 0.0702 e. The van der Waals surface area contributed by atoms with Crippen LogP contribution in [0.15, 0.2) is 48.5 Å². The highest BCUT2D eigenvalue weighted by Crippen LogP contribution is 2.27. The first-order chi connectivity index (χ1) is 12.2. The molecule has 0 heterocycles. The first kappa shape index (κ1) is 28.7. The molecule has 0 saturated carbocycles. The van der Waals surface area contributed by atoms with E-state index in [0.29, 0.717) is 0 Å². The van der Waals surface area contributed by atoms with Gasteiger partial charge in [0, 0.05) is 27.6 Å². The van der Waals surface area contributed by atoms with Crippen LogP contribution in [0.3, 0.4) is 0 Å². The van der Waals surface area contributed by atoms with Gasteiger partial charge in [0.2, 0.25) is 0 Å². The van der Waals surface area contributed by atoms with E-state index in [1.807, 2.05) is 86.7 Å². The van der Waals surface area contributed by atoms with E-state index < -0.39 is 0 Å². The average molecular weight is 459 g/mol. The van der Waals surface area contributed by atoms with Crippen molar-refractivity contribution in [1.82, 2.24) is 0 Å². The van der Waals surface area contributed by atoms with E-state index in [1.165, 1.54) is 3.57 Å². The third-order valence-corrected chi connectivity index (χ3v) is 3.46. The van der Waals surface area contributed by atoms with Crippen LogP contribution in [0.2, 0.25) is 0 Å². The zero-order valence-corrected chi connectivity index (χ0v) is 19.8. The summed E-state index contributed by atoms with van der Waals surface area (Å²) in [4.78, 5) is 2.08. The maximum atomic E-state index is 9.33. The van der Waals surface area contributed by atoms with Gasteiger partial charge >= 0.3 is 0 Å². The number of nitrogens with zero attached hydrogens (tertiary/aromatic N) is 1. The van der Waals surface area contributed by atoms with Crippen molar-refractivity contribution in [3.63, 3.8) is 0 Å². The van der Waals surface area contributed by atoms with Gasteiger partial charge < -0.3 is 10.0 Å². The van der Waals surface area contributed by atoms with Gasteiger partial charge in [0.05, 0.1) is 6.61 Å². The highest BCUT2D eigenvalue weighted by atomic mass is 127. The second-order valence-corrected chi connectivity index (χ2v) is 5.07.